The Morgan fingerprint density at radius 3 is 2.45 bits per heavy atom. The molecule has 0 bridgehead atoms. The summed E-state index contributed by atoms with van der Waals surface area (Å²) >= 11 is 0. The maximum Gasteiger partial charge on any atom is 0.220 e. The second kappa shape index (κ2) is 11.1. The summed E-state index contributed by atoms with van der Waals surface area (Å²) in [6.45, 7) is 8.95. The zero-order valence-electron chi connectivity index (χ0n) is 13.8. The Morgan fingerprint density at radius 2 is 1.90 bits per heavy atom. The first-order valence-electron chi connectivity index (χ1n) is 7.87. The van der Waals surface area contributed by atoms with Crippen LogP contribution < -0.4 is 11.1 Å². The lowest BCUT2D eigenvalue weighted by Gasteiger charge is -2.30. The molecular formula is C16H34N2O2. The maximum atomic E-state index is 11.8. The predicted octanol–water partition coefficient (Wildman–Crippen LogP) is 2.71. The molecule has 0 aliphatic carbocycles. The molecule has 20 heavy (non-hydrogen) atoms. The molecule has 4 heteroatoms. The van der Waals surface area contributed by atoms with Crippen LogP contribution in [0.1, 0.15) is 59.3 Å². The lowest BCUT2D eigenvalue weighted by Crippen LogP contribution is -2.28. The van der Waals surface area contributed by atoms with Crippen molar-refractivity contribution in [2.45, 2.75) is 59.3 Å². The molecule has 0 rings (SSSR count). The minimum atomic E-state index is 0.169. The van der Waals surface area contributed by atoms with Crippen molar-refractivity contribution in [1.29, 1.82) is 0 Å². The van der Waals surface area contributed by atoms with Crippen LogP contribution in [0.4, 0.5) is 0 Å². The van der Waals surface area contributed by atoms with E-state index in [0.717, 1.165) is 45.3 Å². The summed E-state index contributed by atoms with van der Waals surface area (Å²) in [7, 11) is 1.72. The molecule has 0 fully saturated rings. The summed E-state index contributed by atoms with van der Waals surface area (Å²) < 4.78 is 4.99. The van der Waals surface area contributed by atoms with E-state index >= 15 is 0 Å². The van der Waals surface area contributed by atoms with Gasteiger partial charge >= 0.3 is 0 Å². The molecule has 1 amide bonds. The number of methoxy groups -OCH3 is 1. The fourth-order valence-corrected chi connectivity index (χ4v) is 2.38. The minimum absolute atomic E-state index is 0.169. The summed E-state index contributed by atoms with van der Waals surface area (Å²) in [5, 5.41) is 3.00. The van der Waals surface area contributed by atoms with Crippen LogP contribution >= 0.6 is 0 Å². The lowest BCUT2D eigenvalue weighted by molar-refractivity contribution is -0.121. The molecule has 4 nitrogen and oxygen atoms in total. The molecule has 0 heterocycles. The molecule has 0 spiro atoms. The highest BCUT2D eigenvalue weighted by Gasteiger charge is 2.24. The van der Waals surface area contributed by atoms with Crippen LogP contribution in [0.25, 0.3) is 0 Å². The average molecular weight is 286 g/mol. The number of nitrogens with one attached hydrogen (secondary N) is 1. The van der Waals surface area contributed by atoms with E-state index in [-0.39, 0.29) is 11.3 Å². The normalized spacial score (nSPS) is 13.2. The Balaban J connectivity index is 3.74. The molecule has 3 N–H and O–H groups in total. The molecule has 0 radical (unpaired) electrons. The largest absolute Gasteiger partial charge is 0.385 e. The number of hydrogen-bond donors (Lipinski definition) is 2. The van der Waals surface area contributed by atoms with Crippen molar-refractivity contribution >= 4 is 5.91 Å². The molecule has 0 aromatic heterocycles. The van der Waals surface area contributed by atoms with Gasteiger partial charge in [-0.05, 0) is 50.0 Å². The zero-order chi connectivity index (χ0) is 15.4. The van der Waals surface area contributed by atoms with E-state index < -0.39 is 0 Å². The van der Waals surface area contributed by atoms with Gasteiger partial charge in [0.05, 0.1) is 0 Å². The quantitative estimate of drug-likeness (QED) is 0.574. The monoisotopic (exact) mass is 286 g/mol. The van der Waals surface area contributed by atoms with Gasteiger partial charge in [-0.2, -0.15) is 0 Å². The molecule has 1 atom stereocenters. The molecule has 0 aromatic carbocycles. The van der Waals surface area contributed by atoms with Gasteiger partial charge in [0.2, 0.25) is 5.91 Å². The molecule has 1 unspecified atom stereocenters. The van der Waals surface area contributed by atoms with Crippen molar-refractivity contribution < 1.29 is 9.53 Å². The van der Waals surface area contributed by atoms with Crippen LogP contribution in [0, 0.1) is 11.3 Å². The van der Waals surface area contributed by atoms with E-state index in [1.54, 1.807) is 7.11 Å². The van der Waals surface area contributed by atoms with Crippen molar-refractivity contribution in [1.82, 2.24) is 5.32 Å². The van der Waals surface area contributed by atoms with Crippen LogP contribution in [0.15, 0.2) is 0 Å². The van der Waals surface area contributed by atoms with Gasteiger partial charge in [-0.3, -0.25) is 4.79 Å². The first-order chi connectivity index (χ1) is 9.41. The van der Waals surface area contributed by atoms with E-state index in [9.17, 15) is 4.79 Å². The Kier molecular flexibility index (Phi) is 10.8. The summed E-state index contributed by atoms with van der Waals surface area (Å²) in [5.41, 5.74) is 5.88. The predicted molar refractivity (Wildman–Crippen MR) is 84.6 cm³/mol. The molecular weight excluding hydrogens is 252 g/mol. The van der Waals surface area contributed by atoms with Crippen molar-refractivity contribution in [2.24, 2.45) is 17.1 Å². The first kappa shape index (κ1) is 19.4. The van der Waals surface area contributed by atoms with Crippen molar-refractivity contribution in [2.75, 3.05) is 26.8 Å². The number of ether oxygens (including phenoxy) is 1. The van der Waals surface area contributed by atoms with Gasteiger partial charge in [0, 0.05) is 26.7 Å². The Hall–Kier alpha value is -0.610. The third-order valence-electron chi connectivity index (χ3n) is 3.81. The van der Waals surface area contributed by atoms with Crippen LogP contribution in [0.5, 0.6) is 0 Å². The van der Waals surface area contributed by atoms with Crippen LogP contribution in [-0.4, -0.2) is 32.7 Å². The van der Waals surface area contributed by atoms with E-state index in [2.05, 4.69) is 26.1 Å². The van der Waals surface area contributed by atoms with Gasteiger partial charge in [0.1, 0.15) is 0 Å². The Labute approximate surface area is 124 Å². The van der Waals surface area contributed by atoms with Crippen LogP contribution in [0.3, 0.4) is 0 Å². The van der Waals surface area contributed by atoms with Crippen LogP contribution in [0.2, 0.25) is 0 Å². The van der Waals surface area contributed by atoms with Gasteiger partial charge < -0.3 is 15.8 Å². The zero-order valence-corrected chi connectivity index (χ0v) is 13.8. The highest BCUT2D eigenvalue weighted by atomic mass is 16.5. The molecule has 0 saturated carbocycles. The maximum absolute atomic E-state index is 11.8. The number of carbonyl (C=O) groups excluding carboxylic acids is 1. The van der Waals surface area contributed by atoms with Gasteiger partial charge in [-0.25, -0.2) is 0 Å². The van der Waals surface area contributed by atoms with Crippen molar-refractivity contribution in [3.8, 4) is 0 Å². The topological polar surface area (TPSA) is 64.3 Å². The smallest absolute Gasteiger partial charge is 0.220 e. The fraction of sp³-hybridized carbons (Fsp3) is 0.938. The Bertz CT molecular complexity index is 249. The summed E-state index contributed by atoms with van der Waals surface area (Å²) in [4.78, 5) is 11.8. The molecule has 0 aliphatic heterocycles. The second-order valence-corrected chi connectivity index (χ2v) is 6.58. The SMILES string of the molecule is COCCCCCNC(=O)CCC(CCN)C(C)(C)C. The number of hydrogen-bond acceptors (Lipinski definition) is 3. The summed E-state index contributed by atoms with van der Waals surface area (Å²) in [6, 6.07) is 0. The molecule has 0 aromatic rings. The summed E-state index contributed by atoms with van der Waals surface area (Å²) in [6.07, 6.45) is 5.73. The number of unbranched alkanes of at least 4 members (excludes halogenated alkanes) is 2. The Morgan fingerprint density at radius 1 is 1.20 bits per heavy atom. The van der Waals surface area contributed by atoms with Gasteiger partial charge in [-0.1, -0.05) is 20.8 Å². The standard InChI is InChI=1S/C16H34N2O2/c1-16(2,3)14(10-11-17)8-9-15(19)18-12-6-5-7-13-20-4/h14H,5-13,17H2,1-4H3,(H,18,19). The highest BCUT2D eigenvalue weighted by molar-refractivity contribution is 5.75. The van der Waals surface area contributed by atoms with E-state index in [1.165, 1.54) is 0 Å². The fourth-order valence-electron chi connectivity index (χ4n) is 2.38. The van der Waals surface area contributed by atoms with E-state index in [0.29, 0.717) is 18.9 Å². The minimum Gasteiger partial charge on any atom is -0.385 e. The van der Waals surface area contributed by atoms with Gasteiger partial charge in [-0.15, -0.1) is 0 Å². The highest BCUT2D eigenvalue weighted by Crippen LogP contribution is 2.31. The molecule has 0 saturated heterocycles. The molecule has 0 aliphatic rings. The van der Waals surface area contributed by atoms with Crippen LogP contribution in [-0.2, 0) is 9.53 Å². The van der Waals surface area contributed by atoms with Gasteiger partial charge in [0.25, 0.3) is 0 Å². The number of amides is 1. The second-order valence-electron chi connectivity index (χ2n) is 6.58. The number of nitrogens with two attached hydrogens (primary N) is 1. The van der Waals surface area contributed by atoms with E-state index in [1.807, 2.05) is 0 Å². The molecule has 120 valence electrons. The first-order valence-corrected chi connectivity index (χ1v) is 7.87. The summed E-state index contributed by atoms with van der Waals surface area (Å²) in [5.74, 6) is 0.683. The average Bonchev–Trinajstić information content (AvgIpc) is 2.37. The third-order valence-corrected chi connectivity index (χ3v) is 3.81. The van der Waals surface area contributed by atoms with E-state index in [4.69, 9.17) is 10.5 Å². The van der Waals surface area contributed by atoms with Gasteiger partial charge in [0.15, 0.2) is 0 Å². The third kappa shape index (κ3) is 10.2. The lowest BCUT2D eigenvalue weighted by atomic mass is 9.76. The number of carbonyl (C=O) groups is 1. The van der Waals surface area contributed by atoms with Crippen molar-refractivity contribution in [3.05, 3.63) is 0 Å². The number of rotatable bonds is 11. The van der Waals surface area contributed by atoms with Crippen molar-refractivity contribution in [3.63, 3.8) is 0 Å².